The number of rotatable bonds is 20. The third-order valence-electron chi connectivity index (χ3n) is 3.60. The average molecular weight is 441 g/mol. The van der Waals surface area contributed by atoms with Gasteiger partial charge < -0.3 is 22.8 Å². The van der Waals surface area contributed by atoms with E-state index >= 15 is 0 Å². The summed E-state index contributed by atoms with van der Waals surface area (Å²) in [6.45, 7) is 17.8. The molecule has 0 N–H and O–H groups in total. The smallest absolute Gasteiger partial charge is 0.379 e. The topological polar surface area (TPSA) is 46.2 Å². The zero-order valence-corrected chi connectivity index (χ0v) is 21.5. The standard InChI is InChI=1S/C19H44O5SSi2/c1-7-10-12-20-13-14-21-15-16-24-27(22-8-2,23-9-3)18-11-17-25-19-26(4,5)6/h7-19H2,1-6H3. The van der Waals surface area contributed by atoms with Gasteiger partial charge in [-0.1, -0.05) is 33.0 Å². The molecule has 0 aromatic heterocycles. The highest BCUT2D eigenvalue weighted by molar-refractivity contribution is 8.00. The summed E-state index contributed by atoms with van der Waals surface area (Å²) < 4.78 is 29.2. The summed E-state index contributed by atoms with van der Waals surface area (Å²) >= 11 is 2.06. The van der Waals surface area contributed by atoms with Gasteiger partial charge in [0, 0.05) is 25.9 Å². The average Bonchev–Trinajstić information content (AvgIpc) is 2.59. The summed E-state index contributed by atoms with van der Waals surface area (Å²) in [6.07, 6.45) is 3.34. The normalized spacial score (nSPS) is 12.7. The number of thioether (sulfide) groups is 1. The predicted octanol–water partition coefficient (Wildman–Crippen LogP) is 4.85. The Balaban J connectivity index is 4.10. The van der Waals surface area contributed by atoms with Crippen LogP contribution in [0.4, 0.5) is 0 Å². The molecule has 0 atom stereocenters. The Labute approximate surface area is 174 Å². The maximum absolute atomic E-state index is 6.13. The minimum absolute atomic E-state index is 0.517. The lowest BCUT2D eigenvalue weighted by molar-refractivity contribution is 0.0122. The summed E-state index contributed by atoms with van der Waals surface area (Å²) in [5.74, 6) is 1.15. The molecule has 0 aliphatic carbocycles. The minimum atomic E-state index is -2.59. The largest absolute Gasteiger partial charge is 0.501 e. The van der Waals surface area contributed by atoms with E-state index < -0.39 is 16.9 Å². The molecule has 0 saturated heterocycles. The fraction of sp³-hybridized carbons (Fsp3) is 1.00. The first-order valence-corrected chi connectivity index (χ1v) is 17.3. The summed E-state index contributed by atoms with van der Waals surface area (Å²) in [5.41, 5.74) is 0. The summed E-state index contributed by atoms with van der Waals surface area (Å²) in [4.78, 5) is 0. The van der Waals surface area contributed by atoms with Crippen LogP contribution in [-0.4, -0.2) is 74.3 Å². The van der Waals surface area contributed by atoms with Crippen LogP contribution in [0.1, 0.15) is 40.0 Å². The molecule has 27 heavy (non-hydrogen) atoms. The Bertz CT molecular complexity index is 324. The van der Waals surface area contributed by atoms with Crippen molar-refractivity contribution >= 4 is 28.6 Å². The number of hydrogen-bond donors (Lipinski definition) is 0. The third kappa shape index (κ3) is 17.2. The van der Waals surface area contributed by atoms with Gasteiger partial charge in [-0.3, -0.25) is 0 Å². The molecular weight excluding hydrogens is 396 g/mol. The molecule has 0 unspecified atom stereocenters. The van der Waals surface area contributed by atoms with Crippen LogP contribution >= 0.6 is 11.8 Å². The maximum atomic E-state index is 6.13. The van der Waals surface area contributed by atoms with E-state index in [4.69, 9.17) is 22.8 Å². The molecule has 0 radical (unpaired) electrons. The second kappa shape index (κ2) is 17.4. The lowest BCUT2D eigenvalue weighted by Crippen LogP contribution is -2.46. The highest BCUT2D eigenvalue weighted by Crippen LogP contribution is 2.21. The molecule has 0 aliphatic heterocycles. The summed E-state index contributed by atoms with van der Waals surface area (Å²) in [6, 6.07) is 0.882. The third-order valence-corrected chi connectivity index (χ3v) is 11.5. The van der Waals surface area contributed by atoms with Crippen LogP contribution in [-0.2, 0) is 22.8 Å². The highest BCUT2D eigenvalue weighted by atomic mass is 32.2. The molecule has 0 heterocycles. The Morgan fingerprint density at radius 1 is 0.704 bits per heavy atom. The Hall–Kier alpha value is 0.584. The first-order valence-electron chi connectivity index (χ1n) is 10.5. The first kappa shape index (κ1) is 27.6. The number of hydrogen-bond acceptors (Lipinski definition) is 6. The highest BCUT2D eigenvalue weighted by Gasteiger charge is 2.40. The summed E-state index contributed by atoms with van der Waals surface area (Å²) in [7, 11) is -3.57. The Kier molecular flexibility index (Phi) is 17.8. The van der Waals surface area contributed by atoms with Crippen LogP contribution in [0.15, 0.2) is 0 Å². The van der Waals surface area contributed by atoms with Crippen LogP contribution in [0.5, 0.6) is 0 Å². The molecule has 164 valence electrons. The van der Waals surface area contributed by atoms with E-state index in [1.165, 1.54) is 5.38 Å². The monoisotopic (exact) mass is 440 g/mol. The van der Waals surface area contributed by atoms with E-state index in [-0.39, 0.29) is 0 Å². The van der Waals surface area contributed by atoms with Crippen molar-refractivity contribution in [1.82, 2.24) is 0 Å². The molecular formula is C19H44O5SSi2. The van der Waals surface area contributed by atoms with Gasteiger partial charge in [-0.2, -0.15) is 11.8 Å². The molecule has 0 aromatic carbocycles. The van der Waals surface area contributed by atoms with Gasteiger partial charge in [-0.05, 0) is 37.8 Å². The number of unbranched alkanes of at least 4 members (excludes halogenated alkanes) is 1. The van der Waals surface area contributed by atoms with Crippen molar-refractivity contribution in [3.8, 4) is 0 Å². The van der Waals surface area contributed by atoms with E-state index in [9.17, 15) is 0 Å². The molecule has 0 rings (SSSR count). The quantitative estimate of drug-likeness (QED) is 0.199. The van der Waals surface area contributed by atoms with E-state index in [0.717, 1.165) is 37.7 Å². The molecule has 0 bridgehead atoms. The summed E-state index contributed by atoms with van der Waals surface area (Å²) in [5, 5.41) is 1.31. The van der Waals surface area contributed by atoms with Gasteiger partial charge in [0.2, 0.25) is 0 Å². The minimum Gasteiger partial charge on any atom is -0.379 e. The van der Waals surface area contributed by atoms with Crippen molar-refractivity contribution in [2.45, 2.75) is 65.7 Å². The fourth-order valence-corrected chi connectivity index (χ4v) is 8.57. The van der Waals surface area contributed by atoms with Crippen molar-refractivity contribution in [2.24, 2.45) is 0 Å². The zero-order chi connectivity index (χ0) is 20.4. The van der Waals surface area contributed by atoms with Gasteiger partial charge in [-0.25, -0.2) is 0 Å². The predicted molar refractivity (Wildman–Crippen MR) is 122 cm³/mol. The lowest BCUT2D eigenvalue weighted by Gasteiger charge is -2.29. The van der Waals surface area contributed by atoms with Crippen molar-refractivity contribution in [1.29, 1.82) is 0 Å². The SMILES string of the molecule is CCCCOCCOCCO[Si](CCCSC[Si](C)(C)C)(OCC)OCC. The fourth-order valence-electron chi connectivity index (χ4n) is 2.37. The van der Waals surface area contributed by atoms with Gasteiger partial charge in [-0.15, -0.1) is 0 Å². The van der Waals surface area contributed by atoms with E-state index in [2.05, 4.69) is 38.3 Å². The van der Waals surface area contributed by atoms with Gasteiger partial charge >= 0.3 is 8.80 Å². The maximum Gasteiger partial charge on any atom is 0.501 e. The van der Waals surface area contributed by atoms with Gasteiger partial charge in [0.05, 0.1) is 34.5 Å². The molecule has 8 heteroatoms. The van der Waals surface area contributed by atoms with Gasteiger partial charge in [0.1, 0.15) is 0 Å². The zero-order valence-electron chi connectivity index (χ0n) is 18.6. The van der Waals surface area contributed by atoms with Crippen LogP contribution in [0.2, 0.25) is 25.7 Å². The van der Waals surface area contributed by atoms with E-state index in [0.29, 0.717) is 39.6 Å². The second-order valence-electron chi connectivity index (χ2n) is 7.69. The van der Waals surface area contributed by atoms with Crippen molar-refractivity contribution in [3.05, 3.63) is 0 Å². The van der Waals surface area contributed by atoms with Gasteiger partial charge in [0.15, 0.2) is 0 Å². The van der Waals surface area contributed by atoms with E-state index in [1.54, 1.807) is 0 Å². The Morgan fingerprint density at radius 2 is 1.30 bits per heavy atom. The lowest BCUT2D eigenvalue weighted by atomic mass is 10.4. The van der Waals surface area contributed by atoms with Crippen LogP contribution in [0.3, 0.4) is 0 Å². The molecule has 0 aliphatic rings. The molecule has 0 aromatic rings. The first-order chi connectivity index (χ1) is 12.9. The molecule has 5 nitrogen and oxygen atoms in total. The number of ether oxygens (including phenoxy) is 2. The van der Waals surface area contributed by atoms with Gasteiger partial charge in [0.25, 0.3) is 0 Å². The molecule has 0 spiro atoms. The van der Waals surface area contributed by atoms with Crippen LogP contribution < -0.4 is 0 Å². The molecule has 0 fully saturated rings. The second-order valence-corrected chi connectivity index (χ2v) is 17.5. The van der Waals surface area contributed by atoms with Crippen LogP contribution in [0.25, 0.3) is 0 Å². The molecule has 0 saturated carbocycles. The van der Waals surface area contributed by atoms with Crippen LogP contribution in [0, 0.1) is 0 Å². The molecule has 0 amide bonds. The van der Waals surface area contributed by atoms with Crippen molar-refractivity contribution in [2.75, 3.05) is 57.4 Å². The van der Waals surface area contributed by atoms with E-state index in [1.807, 2.05) is 13.8 Å². The van der Waals surface area contributed by atoms with Crippen molar-refractivity contribution in [3.63, 3.8) is 0 Å². The Morgan fingerprint density at radius 3 is 1.85 bits per heavy atom. The van der Waals surface area contributed by atoms with Crippen molar-refractivity contribution < 1.29 is 22.8 Å².